The first kappa shape index (κ1) is 16.6. The number of ketones is 1. The molecule has 0 spiro atoms. The molecule has 1 aliphatic heterocycles. The van der Waals surface area contributed by atoms with Gasteiger partial charge in [0.2, 0.25) is 5.91 Å². The summed E-state index contributed by atoms with van der Waals surface area (Å²) in [6.45, 7) is 6.51. The highest BCUT2D eigenvalue weighted by molar-refractivity contribution is 5.88. The van der Waals surface area contributed by atoms with Crippen molar-refractivity contribution in [3.8, 4) is 0 Å². The van der Waals surface area contributed by atoms with E-state index in [2.05, 4.69) is 5.32 Å². The maximum atomic E-state index is 12.0. The van der Waals surface area contributed by atoms with Gasteiger partial charge >= 0.3 is 5.97 Å². The Kier molecular flexibility index (Phi) is 6.13. The maximum Gasteiger partial charge on any atom is 0.307 e. The Balaban J connectivity index is 2.49. The van der Waals surface area contributed by atoms with Gasteiger partial charge in [0.05, 0.1) is 18.5 Å². The van der Waals surface area contributed by atoms with Crippen molar-refractivity contribution in [2.24, 2.45) is 11.8 Å². The summed E-state index contributed by atoms with van der Waals surface area (Å²) in [4.78, 5) is 36.2. The van der Waals surface area contributed by atoms with Crippen LogP contribution in [0, 0.1) is 11.8 Å². The molecule has 0 radical (unpaired) electrons. The first-order valence-corrected chi connectivity index (χ1v) is 7.06. The van der Waals surface area contributed by atoms with Crippen LogP contribution < -0.4 is 5.32 Å². The third kappa shape index (κ3) is 4.92. The molecule has 1 fully saturated rings. The highest BCUT2D eigenvalue weighted by Crippen LogP contribution is 2.16. The first-order valence-electron chi connectivity index (χ1n) is 7.06. The van der Waals surface area contributed by atoms with E-state index in [-0.39, 0.29) is 24.2 Å². The molecule has 0 bridgehead atoms. The number of nitrogens with zero attached hydrogens (tertiary/aromatic N) is 1. The molecule has 1 aliphatic rings. The number of carbonyl (C=O) groups is 3. The average molecular weight is 284 g/mol. The lowest BCUT2D eigenvalue weighted by Crippen LogP contribution is -2.49. The Hall–Kier alpha value is -1.43. The minimum Gasteiger partial charge on any atom is -0.481 e. The lowest BCUT2D eigenvalue weighted by molar-refractivity contribution is -0.144. The van der Waals surface area contributed by atoms with E-state index in [1.165, 1.54) is 6.92 Å². The van der Waals surface area contributed by atoms with Crippen LogP contribution in [0.4, 0.5) is 0 Å². The van der Waals surface area contributed by atoms with Gasteiger partial charge in [-0.25, -0.2) is 0 Å². The van der Waals surface area contributed by atoms with E-state index in [1.807, 2.05) is 18.7 Å². The van der Waals surface area contributed by atoms with Crippen molar-refractivity contribution in [1.29, 1.82) is 0 Å². The third-order valence-electron chi connectivity index (χ3n) is 3.64. The fraction of sp³-hybridized carbons (Fsp3) is 0.786. The predicted octanol–water partition coefficient (Wildman–Crippen LogP) is 0.513. The highest BCUT2D eigenvalue weighted by atomic mass is 16.4. The Bertz CT molecular complexity index is 381. The van der Waals surface area contributed by atoms with Gasteiger partial charge in [0.25, 0.3) is 0 Å². The third-order valence-corrected chi connectivity index (χ3v) is 3.64. The summed E-state index contributed by atoms with van der Waals surface area (Å²) in [7, 11) is 0. The fourth-order valence-corrected chi connectivity index (χ4v) is 2.56. The molecule has 6 heteroatoms. The van der Waals surface area contributed by atoms with Gasteiger partial charge in [-0.15, -0.1) is 0 Å². The molecule has 2 atom stereocenters. The molecule has 0 aromatic heterocycles. The maximum absolute atomic E-state index is 12.0. The number of carbonyl (C=O) groups excluding carboxylic acids is 2. The van der Waals surface area contributed by atoms with Gasteiger partial charge in [0, 0.05) is 6.54 Å². The molecule has 114 valence electrons. The monoisotopic (exact) mass is 284 g/mol. The van der Waals surface area contributed by atoms with E-state index < -0.39 is 17.9 Å². The van der Waals surface area contributed by atoms with E-state index in [1.54, 1.807) is 0 Å². The number of hydrogen-bond acceptors (Lipinski definition) is 4. The molecule has 0 aromatic carbocycles. The molecular weight excluding hydrogens is 260 g/mol. The van der Waals surface area contributed by atoms with E-state index in [0.29, 0.717) is 13.0 Å². The largest absolute Gasteiger partial charge is 0.481 e. The fourth-order valence-electron chi connectivity index (χ4n) is 2.56. The second-order valence-corrected chi connectivity index (χ2v) is 5.81. The normalized spacial score (nSPS) is 21.5. The van der Waals surface area contributed by atoms with Crippen LogP contribution in [0.3, 0.4) is 0 Å². The summed E-state index contributed by atoms with van der Waals surface area (Å²) < 4.78 is 0. The summed E-state index contributed by atoms with van der Waals surface area (Å²) in [5, 5.41) is 11.7. The molecule has 1 saturated heterocycles. The average Bonchev–Trinajstić information content (AvgIpc) is 2.35. The van der Waals surface area contributed by atoms with Crippen molar-refractivity contribution >= 4 is 17.7 Å². The zero-order valence-electron chi connectivity index (χ0n) is 12.4. The lowest BCUT2D eigenvalue weighted by Gasteiger charge is -2.30. The van der Waals surface area contributed by atoms with Crippen LogP contribution in [-0.4, -0.2) is 53.3 Å². The molecule has 2 N–H and O–H groups in total. The predicted molar refractivity (Wildman–Crippen MR) is 74.2 cm³/mol. The first-order chi connectivity index (χ1) is 9.31. The SMILES string of the molecule is CC(=O)C(NC(=O)CN1CCCC(C(=O)O)C1)C(C)C. The van der Waals surface area contributed by atoms with Crippen molar-refractivity contribution in [1.82, 2.24) is 10.2 Å². The molecule has 1 amide bonds. The highest BCUT2D eigenvalue weighted by Gasteiger charge is 2.27. The molecule has 0 aliphatic carbocycles. The van der Waals surface area contributed by atoms with Gasteiger partial charge in [-0.05, 0) is 32.2 Å². The molecule has 1 rings (SSSR count). The van der Waals surface area contributed by atoms with Crippen LogP contribution in [-0.2, 0) is 14.4 Å². The lowest BCUT2D eigenvalue weighted by atomic mass is 9.98. The van der Waals surface area contributed by atoms with Crippen LogP contribution in [0.5, 0.6) is 0 Å². The number of aliphatic carboxylic acids is 1. The molecule has 6 nitrogen and oxygen atoms in total. The number of amides is 1. The quantitative estimate of drug-likeness (QED) is 0.742. The number of likely N-dealkylation sites (tertiary alicyclic amines) is 1. The summed E-state index contributed by atoms with van der Waals surface area (Å²) in [5.41, 5.74) is 0. The number of rotatable bonds is 6. The van der Waals surface area contributed by atoms with Crippen LogP contribution in [0.25, 0.3) is 0 Å². The second kappa shape index (κ2) is 7.38. The number of Topliss-reactive ketones (excluding diaryl/α,β-unsaturated/α-hetero) is 1. The molecule has 2 unspecified atom stereocenters. The number of piperidine rings is 1. The van der Waals surface area contributed by atoms with Gasteiger partial charge in [0.1, 0.15) is 0 Å². The summed E-state index contributed by atoms with van der Waals surface area (Å²) in [5.74, 6) is -1.44. The number of hydrogen-bond donors (Lipinski definition) is 2. The van der Waals surface area contributed by atoms with Crippen LogP contribution in [0.2, 0.25) is 0 Å². The Morgan fingerprint density at radius 1 is 1.35 bits per heavy atom. The summed E-state index contributed by atoms with van der Waals surface area (Å²) in [6, 6.07) is -0.470. The molecule has 0 saturated carbocycles. The standard InChI is InChI=1S/C14H24N2O4/c1-9(2)13(10(3)17)15-12(18)8-16-6-4-5-11(7-16)14(19)20/h9,11,13H,4-8H2,1-3H3,(H,15,18)(H,19,20). The minimum absolute atomic E-state index is 0.0459. The Labute approximate surface area is 119 Å². The van der Waals surface area contributed by atoms with Crippen molar-refractivity contribution in [3.63, 3.8) is 0 Å². The van der Waals surface area contributed by atoms with Crippen molar-refractivity contribution in [2.75, 3.05) is 19.6 Å². The second-order valence-electron chi connectivity index (χ2n) is 5.81. The summed E-state index contributed by atoms with van der Waals surface area (Å²) in [6.07, 6.45) is 1.44. The van der Waals surface area contributed by atoms with E-state index in [4.69, 9.17) is 5.11 Å². The van der Waals surface area contributed by atoms with Crippen LogP contribution in [0.15, 0.2) is 0 Å². The van der Waals surface area contributed by atoms with Gasteiger partial charge in [-0.1, -0.05) is 13.8 Å². The van der Waals surface area contributed by atoms with Crippen LogP contribution in [0.1, 0.15) is 33.6 Å². The van der Waals surface area contributed by atoms with Crippen LogP contribution >= 0.6 is 0 Å². The number of nitrogens with one attached hydrogen (secondary N) is 1. The number of carboxylic acid groups (broad SMARTS) is 1. The molecule has 0 aromatic rings. The number of carboxylic acids is 1. The smallest absolute Gasteiger partial charge is 0.307 e. The van der Waals surface area contributed by atoms with Gasteiger partial charge in [-0.3, -0.25) is 19.3 Å². The minimum atomic E-state index is -0.807. The topological polar surface area (TPSA) is 86.7 Å². The Morgan fingerprint density at radius 3 is 2.50 bits per heavy atom. The zero-order chi connectivity index (χ0) is 15.3. The summed E-state index contributed by atoms with van der Waals surface area (Å²) >= 11 is 0. The zero-order valence-corrected chi connectivity index (χ0v) is 12.4. The van der Waals surface area contributed by atoms with Gasteiger partial charge in [0.15, 0.2) is 5.78 Å². The van der Waals surface area contributed by atoms with E-state index in [9.17, 15) is 14.4 Å². The van der Waals surface area contributed by atoms with E-state index in [0.717, 1.165) is 13.0 Å². The van der Waals surface area contributed by atoms with Crippen molar-refractivity contribution in [3.05, 3.63) is 0 Å². The van der Waals surface area contributed by atoms with Gasteiger partial charge < -0.3 is 10.4 Å². The van der Waals surface area contributed by atoms with Crippen molar-refractivity contribution in [2.45, 2.75) is 39.7 Å². The molecule has 1 heterocycles. The van der Waals surface area contributed by atoms with Crippen molar-refractivity contribution < 1.29 is 19.5 Å². The van der Waals surface area contributed by atoms with Gasteiger partial charge in [-0.2, -0.15) is 0 Å². The molecule has 20 heavy (non-hydrogen) atoms. The van der Waals surface area contributed by atoms with E-state index >= 15 is 0 Å². The molecular formula is C14H24N2O4. The Morgan fingerprint density at radius 2 is 2.00 bits per heavy atom.